The second-order valence-corrected chi connectivity index (χ2v) is 9.57. The average Bonchev–Trinajstić information content (AvgIpc) is 2.68. The summed E-state index contributed by atoms with van der Waals surface area (Å²) in [5.41, 5.74) is 0.752. The number of para-hydroxylation sites is 1. The van der Waals surface area contributed by atoms with Crippen molar-refractivity contribution in [3.8, 4) is 0 Å². The number of anilines is 1. The van der Waals surface area contributed by atoms with Gasteiger partial charge in [0, 0.05) is 18.1 Å². The normalized spacial score (nSPS) is 12.3. The molecule has 0 spiro atoms. The molecule has 2 aromatic rings. The molecule has 168 valence electrons. The van der Waals surface area contributed by atoms with E-state index in [4.69, 9.17) is 4.74 Å². The fourth-order valence-corrected chi connectivity index (χ4v) is 3.57. The number of thioether (sulfide) groups is 1. The molecule has 7 nitrogen and oxygen atoms in total. The van der Waals surface area contributed by atoms with Gasteiger partial charge in [-0.3, -0.25) is 14.6 Å². The van der Waals surface area contributed by atoms with E-state index in [1.165, 1.54) is 11.8 Å². The Bertz CT molecular complexity index is 911. The highest BCUT2D eigenvalue weighted by Gasteiger charge is 2.24. The van der Waals surface area contributed by atoms with Crippen molar-refractivity contribution in [2.75, 3.05) is 11.1 Å². The molecule has 0 radical (unpaired) electrons. The SMILES string of the molecule is CC(=O)SCCCCC[C@H](NC(=O)OC(C)(C)C)C(=O)Nc1cnc2ccccc2c1. The Morgan fingerprint density at radius 3 is 2.58 bits per heavy atom. The van der Waals surface area contributed by atoms with Crippen LogP contribution in [0.25, 0.3) is 10.9 Å². The van der Waals surface area contributed by atoms with E-state index in [1.807, 2.05) is 30.3 Å². The average molecular weight is 446 g/mol. The molecule has 1 atom stereocenters. The fraction of sp³-hybridized carbons (Fsp3) is 0.478. The summed E-state index contributed by atoms with van der Waals surface area (Å²) in [6.07, 6.45) is 3.91. The fourth-order valence-electron chi connectivity index (χ4n) is 2.93. The number of aromatic nitrogens is 1. The van der Waals surface area contributed by atoms with Crippen LogP contribution in [0.15, 0.2) is 36.5 Å². The first-order chi connectivity index (χ1) is 14.6. The molecule has 0 aliphatic heterocycles. The minimum Gasteiger partial charge on any atom is -0.444 e. The van der Waals surface area contributed by atoms with Gasteiger partial charge >= 0.3 is 6.09 Å². The van der Waals surface area contributed by atoms with Crippen molar-refractivity contribution in [1.29, 1.82) is 0 Å². The first-order valence-electron chi connectivity index (χ1n) is 10.4. The largest absolute Gasteiger partial charge is 0.444 e. The summed E-state index contributed by atoms with van der Waals surface area (Å²) in [7, 11) is 0. The summed E-state index contributed by atoms with van der Waals surface area (Å²) >= 11 is 1.30. The molecule has 2 amide bonds. The number of unbranched alkanes of at least 4 members (excludes halogenated alkanes) is 2. The lowest BCUT2D eigenvalue weighted by molar-refractivity contribution is -0.118. The Hall–Kier alpha value is -2.61. The lowest BCUT2D eigenvalue weighted by Gasteiger charge is -2.23. The molecule has 8 heteroatoms. The number of pyridine rings is 1. The summed E-state index contributed by atoms with van der Waals surface area (Å²) in [6.45, 7) is 6.87. The molecular formula is C23H31N3O4S. The molecular weight excluding hydrogens is 414 g/mol. The van der Waals surface area contributed by atoms with Gasteiger partial charge in [-0.05, 0) is 45.7 Å². The number of hydrogen-bond acceptors (Lipinski definition) is 6. The van der Waals surface area contributed by atoms with Gasteiger partial charge in [-0.15, -0.1) is 0 Å². The summed E-state index contributed by atoms with van der Waals surface area (Å²) < 4.78 is 5.31. The number of ether oxygens (including phenoxy) is 1. The van der Waals surface area contributed by atoms with Gasteiger partial charge in [0.1, 0.15) is 11.6 Å². The van der Waals surface area contributed by atoms with E-state index >= 15 is 0 Å². The van der Waals surface area contributed by atoms with Crippen molar-refractivity contribution < 1.29 is 19.1 Å². The predicted octanol–water partition coefficient (Wildman–Crippen LogP) is 4.91. The van der Waals surface area contributed by atoms with Crippen molar-refractivity contribution in [3.63, 3.8) is 0 Å². The standard InChI is InChI=1S/C23H31N3O4S/c1-16(27)31-13-9-5-6-12-20(26-22(29)30-23(2,3)4)21(28)25-18-14-17-10-7-8-11-19(17)24-15-18/h7-8,10-11,14-15,20H,5-6,9,12-13H2,1-4H3,(H,25,28)(H,26,29)/t20-/m0/s1. The lowest BCUT2D eigenvalue weighted by atomic mass is 10.1. The maximum atomic E-state index is 12.9. The zero-order valence-electron chi connectivity index (χ0n) is 18.6. The molecule has 0 bridgehead atoms. The quantitative estimate of drug-likeness (QED) is 0.533. The van der Waals surface area contributed by atoms with Gasteiger partial charge in [0.15, 0.2) is 5.12 Å². The van der Waals surface area contributed by atoms with E-state index in [9.17, 15) is 14.4 Å². The zero-order valence-corrected chi connectivity index (χ0v) is 19.4. The van der Waals surface area contributed by atoms with Gasteiger partial charge in [0.25, 0.3) is 0 Å². The highest BCUT2D eigenvalue weighted by atomic mass is 32.2. The van der Waals surface area contributed by atoms with Crippen LogP contribution in [-0.4, -0.2) is 39.5 Å². The van der Waals surface area contributed by atoms with Crippen LogP contribution in [0, 0.1) is 0 Å². The molecule has 1 heterocycles. The molecule has 0 saturated heterocycles. The minimum absolute atomic E-state index is 0.104. The number of carbonyl (C=O) groups excluding carboxylic acids is 3. The van der Waals surface area contributed by atoms with Crippen molar-refractivity contribution >= 4 is 45.5 Å². The smallest absolute Gasteiger partial charge is 0.408 e. The van der Waals surface area contributed by atoms with Crippen LogP contribution in [0.4, 0.5) is 10.5 Å². The van der Waals surface area contributed by atoms with Gasteiger partial charge < -0.3 is 15.4 Å². The van der Waals surface area contributed by atoms with E-state index in [1.54, 1.807) is 33.9 Å². The number of fused-ring (bicyclic) bond motifs is 1. The van der Waals surface area contributed by atoms with Gasteiger partial charge in [-0.25, -0.2) is 4.79 Å². The highest BCUT2D eigenvalue weighted by molar-refractivity contribution is 8.13. The number of carbonyl (C=O) groups is 3. The van der Waals surface area contributed by atoms with Crippen molar-refractivity contribution in [2.24, 2.45) is 0 Å². The third-order valence-corrected chi connectivity index (χ3v) is 5.21. The van der Waals surface area contributed by atoms with Crippen LogP contribution < -0.4 is 10.6 Å². The summed E-state index contributed by atoms with van der Waals surface area (Å²) in [5, 5.41) is 6.56. The number of alkyl carbamates (subject to hydrolysis) is 1. The number of nitrogens with zero attached hydrogens (tertiary/aromatic N) is 1. The third kappa shape index (κ3) is 9.38. The molecule has 2 N–H and O–H groups in total. The van der Waals surface area contributed by atoms with E-state index in [0.717, 1.165) is 35.9 Å². The van der Waals surface area contributed by atoms with Gasteiger partial charge in [0.05, 0.1) is 17.4 Å². The summed E-state index contributed by atoms with van der Waals surface area (Å²) in [4.78, 5) is 40.5. The van der Waals surface area contributed by atoms with Crippen molar-refractivity contribution in [1.82, 2.24) is 10.3 Å². The van der Waals surface area contributed by atoms with E-state index in [2.05, 4.69) is 15.6 Å². The van der Waals surface area contributed by atoms with Crippen LogP contribution >= 0.6 is 11.8 Å². The van der Waals surface area contributed by atoms with Crippen LogP contribution in [0.1, 0.15) is 53.4 Å². The zero-order chi connectivity index (χ0) is 22.9. The monoisotopic (exact) mass is 445 g/mol. The molecule has 0 aliphatic carbocycles. The maximum absolute atomic E-state index is 12.9. The first-order valence-corrected chi connectivity index (χ1v) is 11.4. The molecule has 0 unspecified atom stereocenters. The van der Waals surface area contributed by atoms with E-state index in [-0.39, 0.29) is 11.0 Å². The van der Waals surface area contributed by atoms with E-state index < -0.39 is 17.7 Å². The molecule has 0 saturated carbocycles. The maximum Gasteiger partial charge on any atom is 0.408 e. The topological polar surface area (TPSA) is 97.4 Å². The van der Waals surface area contributed by atoms with Crippen molar-refractivity contribution in [2.45, 2.75) is 65.0 Å². The van der Waals surface area contributed by atoms with Crippen LogP contribution in [0.5, 0.6) is 0 Å². The van der Waals surface area contributed by atoms with Crippen LogP contribution in [0.2, 0.25) is 0 Å². The Labute approximate surface area is 187 Å². The van der Waals surface area contributed by atoms with Gasteiger partial charge in [-0.1, -0.05) is 42.8 Å². The minimum atomic E-state index is -0.734. The van der Waals surface area contributed by atoms with Crippen LogP contribution in [-0.2, 0) is 14.3 Å². The van der Waals surface area contributed by atoms with Crippen molar-refractivity contribution in [3.05, 3.63) is 36.5 Å². The molecule has 1 aromatic carbocycles. The molecule has 2 rings (SSSR count). The van der Waals surface area contributed by atoms with E-state index in [0.29, 0.717) is 12.1 Å². The number of hydrogen-bond donors (Lipinski definition) is 2. The molecule has 0 fully saturated rings. The summed E-state index contributed by atoms with van der Waals surface area (Å²) in [5.74, 6) is 0.440. The Balaban J connectivity index is 1.99. The summed E-state index contributed by atoms with van der Waals surface area (Å²) in [6, 6.07) is 8.76. The number of rotatable bonds is 9. The van der Waals surface area contributed by atoms with Crippen LogP contribution in [0.3, 0.4) is 0 Å². The Morgan fingerprint density at radius 1 is 1.13 bits per heavy atom. The number of amides is 2. The van der Waals surface area contributed by atoms with Gasteiger partial charge in [-0.2, -0.15) is 0 Å². The predicted molar refractivity (Wildman–Crippen MR) is 125 cm³/mol. The highest BCUT2D eigenvalue weighted by Crippen LogP contribution is 2.17. The second-order valence-electron chi connectivity index (χ2n) is 8.29. The Kier molecular flexibility index (Phi) is 9.30. The second kappa shape index (κ2) is 11.7. The molecule has 0 aliphatic rings. The number of nitrogens with one attached hydrogen (secondary N) is 2. The Morgan fingerprint density at radius 2 is 1.87 bits per heavy atom. The number of benzene rings is 1. The first kappa shape index (κ1) is 24.7. The third-order valence-electron chi connectivity index (χ3n) is 4.31. The lowest BCUT2D eigenvalue weighted by Crippen LogP contribution is -2.45. The van der Waals surface area contributed by atoms with Gasteiger partial charge in [0.2, 0.25) is 5.91 Å². The molecule has 31 heavy (non-hydrogen) atoms. The molecule has 1 aromatic heterocycles.